The molecule has 26 heavy (non-hydrogen) atoms. The Bertz CT molecular complexity index is 546. The highest BCUT2D eigenvalue weighted by atomic mass is 127. The largest absolute Gasteiger partial charge is 0.434 e. The fourth-order valence-corrected chi connectivity index (χ4v) is 1.97. The minimum Gasteiger partial charge on any atom is -0.434 e. The van der Waals surface area contributed by atoms with Gasteiger partial charge in [-0.25, -0.2) is 4.39 Å². The number of nitrogens with zero attached hydrogens (tertiary/aromatic N) is 1. The van der Waals surface area contributed by atoms with Gasteiger partial charge >= 0.3 is 6.61 Å². The zero-order valence-electron chi connectivity index (χ0n) is 15.2. The SMILES string of the molecule is CN=C(NCCOCCC(C)C)NCc1c(F)cccc1OC(F)F.I. The first kappa shape index (κ1) is 24.8. The van der Waals surface area contributed by atoms with E-state index >= 15 is 0 Å². The summed E-state index contributed by atoms with van der Waals surface area (Å²) in [5, 5.41) is 5.88. The maximum absolute atomic E-state index is 13.9. The Morgan fingerprint density at radius 3 is 2.54 bits per heavy atom. The molecule has 0 aliphatic heterocycles. The lowest BCUT2D eigenvalue weighted by molar-refractivity contribution is -0.0506. The van der Waals surface area contributed by atoms with Gasteiger partial charge in [0, 0.05) is 32.3 Å². The third-order valence-corrected chi connectivity index (χ3v) is 3.33. The first-order chi connectivity index (χ1) is 11.9. The summed E-state index contributed by atoms with van der Waals surface area (Å²) in [6.45, 7) is 2.92. The first-order valence-corrected chi connectivity index (χ1v) is 8.18. The molecule has 0 saturated carbocycles. The zero-order chi connectivity index (χ0) is 18.7. The van der Waals surface area contributed by atoms with Crippen LogP contribution in [0, 0.1) is 11.7 Å². The minimum atomic E-state index is -3.01. The lowest BCUT2D eigenvalue weighted by Crippen LogP contribution is -2.38. The predicted molar refractivity (Wildman–Crippen MR) is 107 cm³/mol. The van der Waals surface area contributed by atoms with Crippen LogP contribution < -0.4 is 15.4 Å². The summed E-state index contributed by atoms with van der Waals surface area (Å²) in [5.74, 6) is 0.180. The standard InChI is InChI=1S/C17H26F3N3O2.HI/c1-12(2)7-9-24-10-8-22-17(21-3)23-11-13-14(18)5-4-6-15(13)25-16(19)20;/h4-6,12,16H,7-11H2,1-3H3,(H2,21,22,23);1H. The van der Waals surface area contributed by atoms with E-state index in [4.69, 9.17) is 4.74 Å². The number of rotatable bonds is 10. The molecule has 0 radical (unpaired) electrons. The molecule has 1 rings (SSSR count). The number of guanidine groups is 1. The molecule has 0 saturated heterocycles. The molecule has 9 heteroatoms. The van der Waals surface area contributed by atoms with Crippen LogP contribution in [0.1, 0.15) is 25.8 Å². The van der Waals surface area contributed by atoms with Crippen LogP contribution in [0.2, 0.25) is 0 Å². The average Bonchev–Trinajstić information content (AvgIpc) is 2.54. The monoisotopic (exact) mass is 489 g/mol. The van der Waals surface area contributed by atoms with Gasteiger partial charge in [0.15, 0.2) is 5.96 Å². The van der Waals surface area contributed by atoms with Gasteiger partial charge < -0.3 is 20.1 Å². The zero-order valence-corrected chi connectivity index (χ0v) is 17.6. The Morgan fingerprint density at radius 1 is 1.19 bits per heavy atom. The summed E-state index contributed by atoms with van der Waals surface area (Å²) in [6, 6.07) is 3.80. The Kier molecular flexibility index (Phi) is 13.2. The molecule has 0 aliphatic carbocycles. The molecule has 0 fully saturated rings. The third kappa shape index (κ3) is 10.0. The second kappa shape index (κ2) is 13.9. The number of hydrogen-bond donors (Lipinski definition) is 2. The Labute approximate surface area is 169 Å². The van der Waals surface area contributed by atoms with Gasteiger partial charge in [-0.05, 0) is 24.5 Å². The van der Waals surface area contributed by atoms with Crippen LogP contribution >= 0.6 is 24.0 Å². The van der Waals surface area contributed by atoms with Gasteiger partial charge in [-0.3, -0.25) is 4.99 Å². The van der Waals surface area contributed by atoms with E-state index in [1.54, 1.807) is 7.05 Å². The van der Waals surface area contributed by atoms with Crippen LogP contribution in [0.25, 0.3) is 0 Å². The quantitative estimate of drug-likeness (QED) is 0.228. The second-order valence-electron chi connectivity index (χ2n) is 5.74. The van der Waals surface area contributed by atoms with Crippen LogP contribution in [0.3, 0.4) is 0 Å². The number of benzene rings is 1. The number of nitrogens with one attached hydrogen (secondary N) is 2. The van der Waals surface area contributed by atoms with E-state index in [1.807, 2.05) is 0 Å². The second-order valence-corrected chi connectivity index (χ2v) is 5.74. The molecular weight excluding hydrogens is 462 g/mol. The number of hydrogen-bond acceptors (Lipinski definition) is 3. The summed E-state index contributed by atoms with van der Waals surface area (Å²) < 4.78 is 48.5. The van der Waals surface area contributed by atoms with Gasteiger partial charge in [-0.1, -0.05) is 19.9 Å². The summed E-state index contributed by atoms with van der Waals surface area (Å²) in [6.07, 6.45) is 0.993. The van der Waals surface area contributed by atoms with Crippen LogP contribution in [0.4, 0.5) is 13.2 Å². The van der Waals surface area contributed by atoms with Crippen LogP contribution in [0.5, 0.6) is 5.75 Å². The molecule has 0 bridgehead atoms. The van der Waals surface area contributed by atoms with Crippen molar-refractivity contribution < 1.29 is 22.6 Å². The molecule has 150 valence electrons. The molecule has 5 nitrogen and oxygen atoms in total. The van der Waals surface area contributed by atoms with Gasteiger partial charge in [-0.15, -0.1) is 24.0 Å². The lowest BCUT2D eigenvalue weighted by atomic mass is 10.1. The maximum atomic E-state index is 13.9. The molecule has 2 N–H and O–H groups in total. The van der Waals surface area contributed by atoms with Crippen LogP contribution in [-0.2, 0) is 11.3 Å². The van der Waals surface area contributed by atoms with E-state index in [2.05, 4.69) is 34.2 Å². The van der Waals surface area contributed by atoms with Crippen molar-refractivity contribution in [1.29, 1.82) is 0 Å². The van der Waals surface area contributed by atoms with Crippen molar-refractivity contribution in [3.63, 3.8) is 0 Å². The van der Waals surface area contributed by atoms with Crippen molar-refractivity contribution in [3.8, 4) is 5.75 Å². The smallest absolute Gasteiger partial charge is 0.387 e. The predicted octanol–water partition coefficient (Wildman–Crippen LogP) is 3.77. The maximum Gasteiger partial charge on any atom is 0.387 e. The number of aliphatic imine (C=N–C) groups is 1. The molecule has 0 amide bonds. The van der Waals surface area contributed by atoms with E-state index in [0.29, 0.717) is 31.6 Å². The van der Waals surface area contributed by atoms with E-state index in [0.717, 1.165) is 6.42 Å². The Morgan fingerprint density at radius 2 is 1.92 bits per heavy atom. The fourth-order valence-electron chi connectivity index (χ4n) is 1.97. The number of alkyl halides is 2. The van der Waals surface area contributed by atoms with Crippen molar-refractivity contribution in [2.24, 2.45) is 10.9 Å². The van der Waals surface area contributed by atoms with E-state index in [1.165, 1.54) is 18.2 Å². The molecule has 1 aromatic rings. The third-order valence-electron chi connectivity index (χ3n) is 3.33. The van der Waals surface area contributed by atoms with Gasteiger partial charge in [0.2, 0.25) is 0 Å². The topological polar surface area (TPSA) is 54.9 Å². The van der Waals surface area contributed by atoms with Gasteiger partial charge in [0.25, 0.3) is 0 Å². The van der Waals surface area contributed by atoms with Crippen molar-refractivity contribution in [3.05, 3.63) is 29.6 Å². The summed E-state index contributed by atoms with van der Waals surface area (Å²) in [5.41, 5.74) is 0.0129. The highest BCUT2D eigenvalue weighted by Gasteiger charge is 2.14. The van der Waals surface area contributed by atoms with Crippen molar-refractivity contribution in [1.82, 2.24) is 10.6 Å². The molecular formula is C17H27F3IN3O2. The summed E-state index contributed by atoms with van der Waals surface area (Å²) in [7, 11) is 1.56. The normalized spacial score (nSPS) is 11.5. The summed E-state index contributed by atoms with van der Waals surface area (Å²) >= 11 is 0. The van der Waals surface area contributed by atoms with E-state index in [9.17, 15) is 13.2 Å². The highest BCUT2D eigenvalue weighted by Crippen LogP contribution is 2.23. The molecule has 0 spiro atoms. The van der Waals surface area contributed by atoms with Gasteiger partial charge in [0.05, 0.1) is 6.61 Å². The first-order valence-electron chi connectivity index (χ1n) is 8.18. The minimum absolute atomic E-state index is 0. The molecule has 1 aromatic carbocycles. The number of ether oxygens (including phenoxy) is 2. The van der Waals surface area contributed by atoms with Crippen LogP contribution in [-0.4, -0.2) is 39.4 Å². The summed E-state index contributed by atoms with van der Waals surface area (Å²) in [4.78, 5) is 4.00. The molecule has 0 aliphatic rings. The Hall–Kier alpha value is -1.23. The van der Waals surface area contributed by atoms with Crippen molar-refractivity contribution in [2.45, 2.75) is 33.4 Å². The Balaban J connectivity index is 0.00000625. The molecule has 0 atom stereocenters. The number of halogens is 4. The molecule has 0 heterocycles. The lowest BCUT2D eigenvalue weighted by Gasteiger charge is -2.15. The van der Waals surface area contributed by atoms with Gasteiger partial charge in [0.1, 0.15) is 11.6 Å². The highest BCUT2D eigenvalue weighted by molar-refractivity contribution is 14.0. The molecule has 0 unspecified atom stereocenters. The van der Waals surface area contributed by atoms with Crippen molar-refractivity contribution >= 4 is 29.9 Å². The van der Waals surface area contributed by atoms with Crippen molar-refractivity contribution in [2.75, 3.05) is 26.8 Å². The van der Waals surface area contributed by atoms with Crippen LogP contribution in [0.15, 0.2) is 23.2 Å². The molecule has 0 aromatic heterocycles. The van der Waals surface area contributed by atoms with Gasteiger partial charge in [-0.2, -0.15) is 8.78 Å². The van der Waals surface area contributed by atoms with E-state index < -0.39 is 12.4 Å². The average molecular weight is 489 g/mol. The van der Waals surface area contributed by atoms with E-state index in [-0.39, 0.29) is 41.8 Å². The fraction of sp³-hybridized carbons (Fsp3) is 0.588.